The van der Waals surface area contributed by atoms with Gasteiger partial charge in [0.2, 0.25) is 0 Å². The van der Waals surface area contributed by atoms with Gasteiger partial charge in [-0.1, -0.05) is 13.8 Å². The summed E-state index contributed by atoms with van der Waals surface area (Å²) in [5.41, 5.74) is 1.14. The predicted octanol–water partition coefficient (Wildman–Crippen LogP) is 2.20. The average molecular weight is 239 g/mol. The molecule has 0 radical (unpaired) electrons. The number of nitrogens with zero attached hydrogens (tertiary/aromatic N) is 2. The molecule has 0 amide bonds. The fourth-order valence-electron chi connectivity index (χ4n) is 1.50. The van der Waals surface area contributed by atoms with Crippen LogP contribution < -0.4 is 5.32 Å². The summed E-state index contributed by atoms with van der Waals surface area (Å²) < 4.78 is 7.47. The van der Waals surface area contributed by atoms with Crippen molar-refractivity contribution in [1.29, 1.82) is 0 Å². The molecule has 0 saturated heterocycles. The fraction of sp³-hybridized carbons (Fsp3) is 0.769. The van der Waals surface area contributed by atoms with Crippen LogP contribution in [0.15, 0.2) is 12.3 Å². The van der Waals surface area contributed by atoms with Crippen molar-refractivity contribution in [2.45, 2.75) is 58.8 Å². The zero-order valence-electron chi connectivity index (χ0n) is 11.7. The van der Waals surface area contributed by atoms with Crippen molar-refractivity contribution in [3.05, 3.63) is 18.0 Å². The quantitative estimate of drug-likeness (QED) is 0.793. The van der Waals surface area contributed by atoms with Crippen LogP contribution in [0.4, 0.5) is 0 Å². The first-order valence-electron chi connectivity index (χ1n) is 6.24. The third kappa shape index (κ3) is 4.88. The Kier molecular flexibility index (Phi) is 5.15. The number of nitrogens with one attached hydrogen (secondary N) is 1. The SMILES string of the molecule is COC(C)(C)CCn1nccc1CNC(C)C. The summed E-state index contributed by atoms with van der Waals surface area (Å²) in [5, 5.41) is 7.76. The van der Waals surface area contributed by atoms with E-state index in [1.165, 1.54) is 5.69 Å². The number of rotatable bonds is 7. The molecule has 0 fully saturated rings. The molecule has 0 aliphatic heterocycles. The van der Waals surface area contributed by atoms with E-state index >= 15 is 0 Å². The Bertz CT molecular complexity index is 331. The lowest BCUT2D eigenvalue weighted by atomic mass is 10.1. The van der Waals surface area contributed by atoms with Crippen molar-refractivity contribution < 1.29 is 4.74 Å². The number of aryl methyl sites for hydroxylation is 1. The molecule has 1 N–H and O–H groups in total. The second kappa shape index (κ2) is 6.17. The minimum Gasteiger partial charge on any atom is -0.379 e. The molecule has 1 aromatic rings. The van der Waals surface area contributed by atoms with Crippen LogP contribution in [0.3, 0.4) is 0 Å². The number of methoxy groups -OCH3 is 1. The molecule has 0 atom stereocenters. The zero-order valence-corrected chi connectivity index (χ0v) is 11.7. The molecule has 4 heteroatoms. The fourth-order valence-corrected chi connectivity index (χ4v) is 1.50. The van der Waals surface area contributed by atoms with E-state index in [1.54, 1.807) is 7.11 Å². The second-order valence-corrected chi connectivity index (χ2v) is 5.30. The molecule has 4 nitrogen and oxygen atoms in total. The zero-order chi connectivity index (χ0) is 12.9. The maximum absolute atomic E-state index is 5.42. The highest BCUT2D eigenvalue weighted by atomic mass is 16.5. The van der Waals surface area contributed by atoms with Crippen LogP contribution in [0.25, 0.3) is 0 Å². The molecular formula is C13H25N3O. The average Bonchev–Trinajstić information content (AvgIpc) is 2.71. The molecule has 0 aromatic carbocycles. The van der Waals surface area contributed by atoms with Crippen LogP contribution in [0.2, 0.25) is 0 Å². The third-order valence-corrected chi connectivity index (χ3v) is 2.97. The van der Waals surface area contributed by atoms with Gasteiger partial charge in [0.15, 0.2) is 0 Å². The van der Waals surface area contributed by atoms with Crippen LogP contribution in [-0.2, 0) is 17.8 Å². The van der Waals surface area contributed by atoms with Gasteiger partial charge in [-0.05, 0) is 26.3 Å². The van der Waals surface area contributed by atoms with E-state index in [9.17, 15) is 0 Å². The molecule has 0 spiro atoms. The molecule has 0 unspecified atom stereocenters. The van der Waals surface area contributed by atoms with Crippen molar-refractivity contribution >= 4 is 0 Å². The Morgan fingerprint density at radius 1 is 1.47 bits per heavy atom. The minimum atomic E-state index is -0.0886. The summed E-state index contributed by atoms with van der Waals surface area (Å²) in [4.78, 5) is 0. The largest absolute Gasteiger partial charge is 0.379 e. The van der Waals surface area contributed by atoms with E-state index < -0.39 is 0 Å². The minimum absolute atomic E-state index is 0.0886. The molecule has 1 heterocycles. The first-order chi connectivity index (χ1) is 7.94. The van der Waals surface area contributed by atoms with Gasteiger partial charge in [0.1, 0.15) is 0 Å². The number of hydrogen-bond donors (Lipinski definition) is 1. The highest BCUT2D eigenvalue weighted by Crippen LogP contribution is 2.14. The highest BCUT2D eigenvalue weighted by molar-refractivity contribution is 5.00. The normalized spacial score (nSPS) is 12.4. The second-order valence-electron chi connectivity index (χ2n) is 5.30. The Hall–Kier alpha value is -0.870. The van der Waals surface area contributed by atoms with Crippen LogP contribution in [0.5, 0.6) is 0 Å². The van der Waals surface area contributed by atoms with Gasteiger partial charge in [-0.2, -0.15) is 5.10 Å². The lowest BCUT2D eigenvalue weighted by Crippen LogP contribution is -2.27. The summed E-state index contributed by atoms with van der Waals surface area (Å²) in [6.07, 6.45) is 2.82. The van der Waals surface area contributed by atoms with Gasteiger partial charge in [-0.15, -0.1) is 0 Å². The van der Waals surface area contributed by atoms with Crippen LogP contribution in [0.1, 0.15) is 39.8 Å². The van der Waals surface area contributed by atoms with Crippen LogP contribution in [-0.4, -0.2) is 28.5 Å². The van der Waals surface area contributed by atoms with Gasteiger partial charge in [0.25, 0.3) is 0 Å². The molecule has 98 valence electrons. The molecule has 1 rings (SSSR count). The number of hydrogen-bond acceptors (Lipinski definition) is 3. The Morgan fingerprint density at radius 2 is 2.18 bits per heavy atom. The van der Waals surface area contributed by atoms with Crippen molar-refractivity contribution in [3.8, 4) is 0 Å². The highest BCUT2D eigenvalue weighted by Gasteiger charge is 2.16. The first kappa shape index (κ1) is 14.2. The smallest absolute Gasteiger partial charge is 0.0640 e. The summed E-state index contributed by atoms with van der Waals surface area (Å²) in [6, 6.07) is 2.56. The molecule has 0 aliphatic rings. The monoisotopic (exact) mass is 239 g/mol. The number of aromatic nitrogens is 2. The topological polar surface area (TPSA) is 39.1 Å². The third-order valence-electron chi connectivity index (χ3n) is 2.97. The predicted molar refractivity (Wildman–Crippen MR) is 69.9 cm³/mol. The summed E-state index contributed by atoms with van der Waals surface area (Å²) in [6.45, 7) is 10.3. The maximum atomic E-state index is 5.42. The van der Waals surface area contributed by atoms with E-state index in [2.05, 4.69) is 48.9 Å². The van der Waals surface area contributed by atoms with E-state index in [0.717, 1.165) is 19.5 Å². The van der Waals surface area contributed by atoms with Crippen molar-refractivity contribution in [1.82, 2.24) is 15.1 Å². The van der Waals surface area contributed by atoms with Crippen LogP contribution in [0, 0.1) is 0 Å². The molecule has 0 saturated carbocycles. The van der Waals surface area contributed by atoms with Gasteiger partial charge < -0.3 is 10.1 Å². The first-order valence-corrected chi connectivity index (χ1v) is 6.24. The standard InChI is InChI=1S/C13H25N3O/c1-11(2)14-10-12-6-8-15-16(12)9-7-13(3,4)17-5/h6,8,11,14H,7,9-10H2,1-5H3. The van der Waals surface area contributed by atoms with Gasteiger partial charge in [0, 0.05) is 32.4 Å². The summed E-state index contributed by atoms with van der Waals surface area (Å²) in [5.74, 6) is 0. The van der Waals surface area contributed by atoms with E-state index in [1.807, 2.05) is 6.20 Å². The Labute approximate surface area is 104 Å². The van der Waals surface area contributed by atoms with Gasteiger partial charge in [0.05, 0.1) is 11.3 Å². The lowest BCUT2D eigenvalue weighted by Gasteiger charge is -2.23. The Morgan fingerprint density at radius 3 is 2.76 bits per heavy atom. The van der Waals surface area contributed by atoms with E-state index in [-0.39, 0.29) is 5.60 Å². The summed E-state index contributed by atoms with van der Waals surface area (Å²) in [7, 11) is 1.75. The van der Waals surface area contributed by atoms with Crippen molar-refractivity contribution in [2.24, 2.45) is 0 Å². The van der Waals surface area contributed by atoms with Gasteiger partial charge in [-0.25, -0.2) is 0 Å². The van der Waals surface area contributed by atoms with Crippen LogP contribution >= 0.6 is 0 Å². The molecule has 0 bridgehead atoms. The van der Waals surface area contributed by atoms with E-state index in [4.69, 9.17) is 4.74 Å². The molecular weight excluding hydrogens is 214 g/mol. The van der Waals surface area contributed by atoms with E-state index in [0.29, 0.717) is 6.04 Å². The lowest BCUT2D eigenvalue weighted by molar-refractivity contribution is 0.0111. The van der Waals surface area contributed by atoms with Crippen molar-refractivity contribution in [2.75, 3.05) is 7.11 Å². The number of ether oxygens (including phenoxy) is 1. The summed E-state index contributed by atoms with van der Waals surface area (Å²) >= 11 is 0. The molecule has 17 heavy (non-hydrogen) atoms. The molecule has 0 aliphatic carbocycles. The molecule has 1 aromatic heterocycles. The Balaban J connectivity index is 2.51. The van der Waals surface area contributed by atoms with Gasteiger partial charge >= 0.3 is 0 Å². The maximum Gasteiger partial charge on any atom is 0.0640 e. The van der Waals surface area contributed by atoms with Gasteiger partial charge in [-0.3, -0.25) is 4.68 Å². The van der Waals surface area contributed by atoms with Crippen molar-refractivity contribution in [3.63, 3.8) is 0 Å².